The quantitative estimate of drug-likeness (QED) is 0.329. The van der Waals surface area contributed by atoms with Crippen molar-refractivity contribution >= 4 is 34.0 Å². The maximum atomic E-state index is 13.8. The second-order valence-corrected chi connectivity index (χ2v) is 9.31. The molecule has 1 aliphatic rings. The third-order valence-electron chi connectivity index (χ3n) is 6.75. The highest BCUT2D eigenvalue weighted by atomic mass is 35.5. The van der Waals surface area contributed by atoms with Crippen molar-refractivity contribution in [1.29, 1.82) is 0 Å². The van der Waals surface area contributed by atoms with Crippen molar-refractivity contribution in [3.05, 3.63) is 116 Å². The number of pyridine rings is 1. The van der Waals surface area contributed by atoms with Gasteiger partial charge in [0.1, 0.15) is 5.82 Å². The van der Waals surface area contributed by atoms with Crippen LogP contribution >= 0.6 is 11.6 Å². The van der Waals surface area contributed by atoms with E-state index in [0.29, 0.717) is 5.02 Å². The van der Waals surface area contributed by atoms with Crippen LogP contribution < -0.4 is 10.9 Å². The largest absolute Gasteiger partial charge is 0.339 e. The van der Waals surface area contributed by atoms with E-state index >= 15 is 0 Å². The van der Waals surface area contributed by atoms with Crippen molar-refractivity contribution in [2.75, 3.05) is 5.32 Å². The van der Waals surface area contributed by atoms with Crippen molar-refractivity contribution in [1.82, 2.24) is 14.3 Å². The van der Waals surface area contributed by atoms with Gasteiger partial charge in [-0.3, -0.25) is 4.79 Å². The first-order valence-corrected chi connectivity index (χ1v) is 11.6. The minimum atomic E-state index is -0.272. The second-order valence-electron chi connectivity index (χ2n) is 8.87. The normalized spacial score (nSPS) is 14.5. The number of aryl methyl sites for hydroxylation is 3. The van der Waals surface area contributed by atoms with Gasteiger partial charge in [0.05, 0.1) is 28.1 Å². The smallest absolute Gasteiger partial charge is 0.257 e. The van der Waals surface area contributed by atoms with Crippen LogP contribution in [0.3, 0.4) is 0 Å². The van der Waals surface area contributed by atoms with Crippen LogP contribution in [0.5, 0.6) is 0 Å². The molecule has 0 saturated heterocycles. The Morgan fingerprint density at radius 1 is 0.912 bits per heavy atom. The van der Waals surface area contributed by atoms with E-state index in [1.54, 1.807) is 4.57 Å². The fourth-order valence-electron chi connectivity index (χ4n) is 5.05. The first kappa shape index (κ1) is 20.8. The van der Waals surface area contributed by atoms with Crippen LogP contribution in [-0.4, -0.2) is 14.3 Å². The summed E-state index contributed by atoms with van der Waals surface area (Å²) in [5.74, 6) is 0.609. The second kappa shape index (κ2) is 7.61. The lowest BCUT2D eigenvalue weighted by Gasteiger charge is -2.29. The molecule has 1 aliphatic heterocycles. The number of anilines is 2. The molecule has 0 saturated carbocycles. The first-order chi connectivity index (χ1) is 16.4. The zero-order chi connectivity index (χ0) is 23.6. The topological polar surface area (TPSA) is 51.9 Å². The van der Waals surface area contributed by atoms with Crippen molar-refractivity contribution in [3.8, 4) is 5.69 Å². The molecule has 0 fully saturated rings. The molecular weight excluding hydrogens is 444 g/mol. The summed E-state index contributed by atoms with van der Waals surface area (Å²) in [4.78, 5) is 13.8. The molecule has 3 heterocycles. The molecule has 6 rings (SSSR count). The molecule has 3 aromatic carbocycles. The Labute approximate surface area is 202 Å². The molecular formula is C28H23ClN4O. The van der Waals surface area contributed by atoms with Gasteiger partial charge in [-0.1, -0.05) is 59.6 Å². The molecule has 1 atom stereocenters. The molecule has 1 N–H and O–H groups in total. The SMILES string of the molecule is Cc1ccc(-n2nc(C)c3c2Nc2c(c(=O)n(C)c4ccccc24)C3c2ccc(Cl)cc2)cc1. The van der Waals surface area contributed by atoms with Crippen LogP contribution in [0.2, 0.25) is 5.02 Å². The molecule has 5 aromatic rings. The van der Waals surface area contributed by atoms with E-state index in [4.69, 9.17) is 16.7 Å². The average molecular weight is 467 g/mol. The number of rotatable bonds is 2. The first-order valence-electron chi connectivity index (χ1n) is 11.2. The third kappa shape index (κ3) is 3.01. The molecule has 0 spiro atoms. The molecule has 168 valence electrons. The summed E-state index contributed by atoms with van der Waals surface area (Å²) in [5, 5.41) is 10.2. The molecule has 0 aliphatic carbocycles. The lowest BCUT2D eigenvalue weighted by molar-refractivity contribution is 0.842. The van der Waals surface area contributed by atoms with Gasteiger partial charge >= 0.3 is 0 Å². The van der Waals surface area contributed by atoms with E-state index < -0.39 is 0 Å². The summed E-state index contributed by atoms with van der Waals surface area (Å²) in [5.41, 5.74) is 7.47. The minimum Gasteiger partial charge on any atom is -0.339 e. The van der Waals surface area contributed by atoms with Gasteiger partial charge in [-0.15, -0.1) is 0 Å². The van der Waals surface area contributed by atoms with Gasteiger partial charge in [-0.05, 0) is 49.7 Å². The minimum absolute atomic E-state index is 0.0192. The molecule has 2 aromatic heterocycles. The fourth-order valence-corrected chi connectivity index (χ4v) is 5.18. The Balaban J connectivity index is 1.71. The summed E-state index contributed by atoms with van der Waals surface area (Å²) in [6.07, 6.45) is 0. The van der Waals surface area contributed by atoms with Crippen LogP contribution in [0.25, 0.3) is 16.6 Å². The number of aromatic nitrogens is 3. The number of fused-ring (bicyclic) bond motifs is 4. The van der Waals surface area contributed by atoms with Crippen molar-refractivity contribution in [3.63, 3.8) is 0 Å². The summed E-state index contributed by atoms with van der Waals surface area (Å²) in [6.45, 7) is 4.07. The highest BCUT2D eigenvalue weighted by molar-refractivity contribution is 6.30. The van der Waals surface area contributed by atoms with Gasteiger partial charge in [0.2, 0.25) is 0 Å². The average Bonchev–Trinajstić information content (AvgIpc) is 3.18. The van der Waals surface area contributed by atoms with Crippen LogP contribution in [0, 0.1) is 13.8 Å². The summed E-state index contributed by atoms with van der Waals surface area (Å²) >= 11 is 6.22. The molecule has 0 radical (unpaired) electrons. The van der Waals surface area contributed by atoms with Crippen molar-refractivity contribution in [2.24, 2.45) is 7.05 Å². The molecule has 0 bridgehead atoms. The summed E-state index contributed by atoms with van der Waals surface area (Å²) in [7, 11) is 1.84. The van der Waals surface area contributed by atoms with E-state index in [-0.39, 0.29) is 11.5 Å². The summed E-state index contributed by atoms with van der Waals surface area (Å²) < 4.78 is 3.69. The maximum Gasteiger partial charge on any atom is 0.257 e. The van der Waals surface area contributed by atoms with Gasteiger partial charge < -0.3 is 9.88 Å². The standard InChI is InChI=1S/C28H23ClN4O/c1-16-8-14-20(15-9-16)33-27-23(17(2)31-33)24(18-10-12-19(29)13-11-18)25-26(30-27)21-6-4-5-7-22(21)32(3)28(25)34/h4-15,24,30H,1-3H3. The van der Waals surface area contributed by atoms with Gasteiger partial charge in [0.15, 0.2) is 0 Å². The monoisotopic (exact) mass is 466 g/mol. The van der Waals surface area contributed by atoms with E-state index in [2.05, 4.69) is 42.6 Å². The Bertz CT molecular complexity index is 1630. The number of hydrogen-bond acceptors (Lipinski definition) is 3. The van der Waals surface area contributed by atoms with Crippen LogP contribution in [0.1, 0.15) is 33.9 Å². The molecule has 1 unspecified atom stereocenters. The summed E-state index contributed by atoms with van der Waals surface area (Å²) in [6, 6.07) is 24.1. The van der Waals surface area contributed by atoms with Crippen LogP contribution in [-0.2, 0) is 7.05 Å². The van der Waals surface area contributed by atoms with E-state index in [1.165, 1.54) is 5.56 Å². The Morgan fingerprint density at radius 2 is 1.62 bits per heavy atom. The molecule has 6 heteroatoms. The zero-order valence-corrected chi connectivity index (χ0v) is 19.9. The Morgan fingerprint density at radius 3 is 2.35 bits per heavy atom. The lowest BCUT2D eigenvalue weighted by atomic mass is 9.81. The van der Waals surface area contributed by atoms with Gasteiger partial charge in [0.25, 0.3) is 5.56 Å². The van der Waals surface area contributed by atoms with Crippen molar-refractivity contribution < 1.29 is 0 Å². The third-order valence-corrected chi connectivity index (χ3v) is 7.00. The highest BCUT2D eigenvalue weighted by Crippen LogP contribution is 2.47. The number of nitrogens with one attached hydrogen (secondary N) is 1. The van der Waals surface area contributed by atoms with Gasteiger partial charge in [0, 0.05) is 28.9 Å². The van der Waals surface area contributed by atoms with Gasteiger partial charge in [-0.25, -0.2) is 4.68 Å². The number of hydrogen-bond donors (Lipinski definition) is 1. The highest BCUT2D eigenvalue weighted by Gasteiger charge is 2.36. The lowest BCUT2D eigenvalue weighted by Crippen LogP contribution is -2.29. The Hall–Kier alpha value is -3.83. The predicted molar refractivity (Wildman–Crippen MR) is 138 cm³/mol. The molecule has 34 heavy (non-hydrogen) atoms. The predicted octanol–water partition coefficient (Wildman–Crippen LogP) is 6.23. The fraction of sp³-hybridized carbons (Fsp3) is 0.143. The van der Waals surface area contributed by atoms with Crippen LogP contribution in [0.4, 0.5) is 11.5 Å². The number of benzene rings is 3. The number of para-hydroxylation sites is 1. The Kier molecular flexibility index (Phi) is 4.64. The number of halogens is 1. The maximum absolute atomic E-state index is 13.8. The van der Waals surface area contributed by atoms with Crippen molar-refractivity contribution in [2.45, 2.75) is 19.8 Å². The zero-order valence-electron chi connectivity index (χ0n) is 19.1. The molecule has 5 nitrogen and oxygen atoms in total. The van der Waals surface area contributed by atoms with Gasteiger partial charge in [-0.2, -0.15) is 5.10 Å². The number of nitrogens with zero attached hydrogens (tertiary/aromatic N) is 3. The van der Waals surface area contributed by atoms with E-state index in [0.717, 1.165) is 50.5 Å². The van der Waals surface area contributed by atoms with E-state index in [9.17, 15) is 4.79 Å². The van der Waals surface area contributed by atoms with E-state index in [1.807, 2.05) is 61.1 Å². The van der Waals surface area contributed by atoms with Crippen LogP contribution in [0.15, 0.2) is 77.6 Å². The molecule has 0 amide bonds.